The molecule has 4 atom stereocenters. The molecule has 0 bridgehead atoms. The average Bonchev–Trinajstić information content (AvgIpc) is 2.89. The first-order valence-electron chi connectivity index (χ1n) is 13.0. The number of unbranched alkanes of at least 4 members (excludes halogenated alkanes) is 1. The quantitative estimate of drug-likeness (QED) is 0.0460. The summed E-state index contributed by atoms with van der Waals surface area (Å²) in [6.07, 6.45) is 0.575. The molecule has 41 heavy (non-hydrogen) atoms. The van der Waals surface area contributed by atoms with Crippen LogP contribution in [0, 0.1) is 0 Å². The normalized spacial score (nSPS) is 13.6. The first kappa shape index (κ1) is 34.6. The molecule has 0 saturated carbocycles. The lowest BCUT2D eigenvalue weighted by atomic mass is 10.0. The number of hydrogen-bond donors (Lipinski definition) is 10. The van der Waals surface area contributed by atoms with E-state index in [1.807, 2.05) is 0 Å². The molecule has 0 aliphatic rings. The molecule has 16 heteroatoms. The Labute approximate surface area is 236 Å². The van der Waals surface area contributed by atoms with Crippen molar-refractivity contribution < 1.29 is 39.3 Å². The van der Waals surface area contributed by atoms with Gasteiger partial charge >= 0.3 is 11.9 Å². The number of aromatic hydroxyl groups is 1. The van der Waals surface area contributed by atoms with Crippen LogP contribution in [0.25, 0.3) is 0 Å². The Bertz CT molecular complexity index is 1060. The second-order valence-corrected chi connectivity index (χ2v) is 9.33. The minimum Gasteiger partial charge on any atom is -0.508 e. The molecule has 14 N–H and O–H groups in total. The number of phenols is 1. The van der Waals surface area contributed by atoms with Crippen LogP contribution in [0.3, 0.4) is 0 Å². The zero-order chi connectivity index (χ0) is 30.9. The number of carboxylic acids is 2. The number of aliphatic imine (C=N–C) groups is 1. The van der Waals surface area contributed by atoms with E-state index in [0.717, 1.165) is 0 Å². The van der Waals surface area contributed by atoms with Crippen LogP contribution in [0.15, 0.2) is 29.3 Å². The predicted octanol–water partition coefficient (Wildman–Crippen LogP) is -2.54. The van der Waals surface area contributed by atoms with Gasteiger partial charge in [0.15, 0.2) is 5.96 Å². The van der Waals surface area contributed by atoms with Crippen molar-refractivity contribution >= 4 is 35.6 Å². The van der Waals surface area contributed by atoms with Gasteiger partial charge in [-0.2, -0.15) is 0 Å². The number of aliphatic carboxylic acids is 2. The molecule has 0 saturated heterocycles. The predicted molar refractivity (Wildman–Crippen MR) is 148 cm³/mol. The molecule has 0 heterocycles. The number of amides is 3. The van der Waals surface area contributed by atoms with E-state index < -0.39 is 60.2 Å². The maximum atomic E-state index is 13.3. The third-order valence-corrected chi connectivity index (χ3v) is 5.88. The topological polar surface area (TPSA) is 299 Å². The van der Waals surface area contributed by atoms with Crippen LogP contribution < -0.4 is 38.9 Å². The van der Waals surface area contributed by atoms with Crippen molar-refractivity contribution in [3.63, 3.8) is 0 Å². The molecule has 0 spiro atoms. The van der Waals surface area contributed by atoms with Crippen molar-refractivity contribution in [3.05, 3.63) is 29.8 Å². The first-order valence-corrected chi connectivity index (χ1v) is 13.0. The van der Waals surface area contributed by atoms with Crippen LogP contribution >= 0.6 is 0 Å². The number of carbonyl (C=O) groups excluding carboxylic acids is 3. The highest BCUT2D eigenvalue weighted by atomic mass is 16.4. The minimum absolute atomic E-state index is 0.00146. The summed E-state index contributed by atoms with van der Waals surface area (Å²) in [6, 6.07) is 0.595. The molecule has 1 rings (SSSR count). The first-order chi connectivity index (χ1) is 19.3. The van der Waals surface area contributed by atoms with Crippen LogP contribution in [0.5, 0.6) is 5.75 Å². The number of phenolic OH excluding ortho intramolecular Hbond substituents is 1. The minimum atomic E-state index is -1.44. The largest absolute Gasteiger partial charge is 0.508 e. The summed E-state index contributed by atoms with van der Waals surface area (Å²) in [4.78, 5) is 65.6. The molecule has 3 amide bonds. The summed E-state index contributed by atoms with van der Waals surface area (Å²) in [5.74, 6) is -5.28. The van der Waals surface area contributed by atoms with Gasteiger partial charge in [0.25, 0.3) is 0 Å². The molecule has 1 aromatic rings. The van der Waals surface area contributed by atoms with E-state index in [2.05, 4.69) is 20.9 Å². The fourth-order valence-corrected chi connectivity index (χ4v) is 3.70. The lowest BCUT2D eigenvalue weighted by Crippen LogP contribution is -2.57. The van der Waals surface area contributed by atoms with Gasteiger partial charge in [-0.1, -0.05) is 12.1 Å². The van der Waals surface area contributed by atoms with E-state index in [4.69, 9.17) is 28.0 Å². The van der Waals surface area contributed by atoms with Gasteiger partial charge in [-0.25, -0.2) is 4.79 Å². The van der Waals surface area contributed by atoms with Crippen molar-refractivity contribution in [2.24, 2.45) is 27.9 Å². The van der Waals surface area contributed by atoms with Crippen molar-refractivity contribution in [2.45, 2.75) is 69.1 Å². The van der Waals surface area contributed by atoms with E-state index >= 15 is 0 Å². The molecule has 0 aromatic heterocycles. The van der Waals surface area contributed by atoms with Crippen molar-refractivity contribution in [3.8, 4) is 5.75 Å². The monoisotopic (exact) mass is 580 g/mol. The lowest BCUT2D eigenvalue weighted by molar-refractivity contribution is -0.142. The molecular weight excluding hydrogens is 540 g/mol. The number of nitrogens with one attached hydrogen (secondary N) is 3. The van der Waals surface area contributed by atoms with E-state index in [0.29, 0.717) is 24.9 Å². The molecule has 0 aliphatic heterocycles. The maximum Gasteiger partial charge on any atom is 0.326 e. The summed E-state index contributed by atoms with van der Waals surface area (Å²) in [7, 11) is 0. The fraction of sp³-hybridized carbons (Fsp3) is 0.520. The van der Waals surface area contributed by atoms with Gasteiger partial charge in [0.05, 0.1) is 12.5 Å². The number of carboxylic acid groups (broad SMARTS) is 2. The fourth-order valence-electron chi connectivity index (χ4n) is 3.70. The molecule has 0 fully saturated rings. The van der Waals surface area contributed by atoms with Gasteiger partial charge < -0.3 is 54.2 Å². The Balaban J connectivity index is 3.18. The van der Waals surface area contributed by atoms with Gasteiger partial charge in [-0.05, 0) is 56.3 Å². The molecule has 4 unspecified atom stereocenters. The van der Waals surface area contributed by atoms with Crippen LogP contribution in [0.1, 0.15) is 44.1 Å². The second-order valence-electron chi connectivity index (χ2n) is 9.33. The number of nitrogens with zero attached hydrogens (tertiary/aromatic N) is 1. The zero-order valence-electron chi connectivity index (χ0n) is 22.6. The second kappa shape index (κ2) is 18.0. The van der Waals surface area contributed by atoms with E-state index in [9.17, 15) is 34.2 Å². The van der Waals surface area contributed by atoms with Crippen LogP contribution in [0.4, 0.5) is 0 Å². The Morgan fingerprint density at radius 1 is 0.805 bits per heavy atom. The van der Waals surface area contributed by atoms with Gasteiger partial charge in [0, 0.05) is 13.0 Å². The molecule has 0 aliphatic carbocycles. The van der Waals surface area contributed by atoms with Crippen LogP contribution in [-0.4, -0.2) is 88.2 Å². The maximum absolute atomic E-state index is 13.3. The summed E-state index contributed by atoms with van der Waals surface area (Å²) in [5.41, 5.74) is 22.3. The zero-order valence-corrected chi connectivity index (χ0v) is 22.6. The number of hydrogen-bond acceptors (Lipinski definition) is 9. The standard InChI is InChI=1S/C25H40N8O8/c26-10-2-1-4-18(24(40)41)32-23(39)19(12-14-6-8-15(34)9-7-14)33-22(38)17(5-3-11-30-25(28)29)31-21(37)16(27)13-20(35)36/h6-9,16-19,34H,1-5,10-13,26-27H2,(H,31,37)(H,32,39)(H,33,38)(H,35,36)(H,40,41)(H4,28,29,30). The van der Waals surface area contributed by atoms with E-state index in [1.54, 1.807) is 0 Å². The molecule has 0 radical (unpaired) electrons. The number of rotatable bonds is 19. The molecular formula is C25H40N8O8. The van der Waals surface area contributed by atoms with Crippen molar-refractivity contribution in [1.82, 2.24) is 16.0 Å². The Morgan fingerprint density at radius 3 is 1.93 bits per heavy atom. The summed E-state index contributed by atoms with van der Waals surface area (Å²) in [6.45, 7) is 0.468. The number of guanidine groups is 1. The highest BCUT2D eigenvalue weighted by Gasteiger charge is 2.30. The summed E-state index contributed by atoms with van der Waals surface area (Å²) >= 11 is 0. The number of benzene rings is 1. The average molecular weight is 581 g/mol. The van der Waals surface area contributed by atoms with Gasteiger partial charge in [-0.3, -0.25) is 24.2 Å². The number of nitrogens with two attached hydrogens (primary N) is 4. The Morgan fingerprint density at radius 2 is 1.37 bits per heavy atom. The van der Waals surface area contributed by atoms with Crippen molar-refractivity contribution in [1.29, 1.82) is 0 Å². The van der Waals surface area contributed by atoms with Crippen molar-refractivity contribution in [2.75, 3.05) is 13.1 Å². The van der Waals surface area contributed by atoms with Gasteiger partial charge in [0.2, 0.25) is 17.7 Å². The number of carbonyl (C=O) groups is 5. The Kier molecular flexibility index (Phi) is 15.2. The van der Waals surface area contributed by atoms with E-state index in [-0.39, 0.29) is 43.9 Å². The smallest absolute Gasteiger partial charge is 0.326 e. The summed E-state index contributed by atoms with van der Waals surface area (Å²) in [5, 5.41) is 35.5. The highest BCUT2D eigenvalue weighted by Crippen LogP contribution is 2.13. The lowest BCUT2D eigenvalue weighted by Gasteiger charge is -2.25. The van der Waals surface area contributed by atoms with Gasteiger partial charge in [0.1, 0.15) is 23.9 Å². The van der Waals surface area contributed by atoms with Crippen LogP contribution in [-0.2, 0) is 30.4 Å². The van der Waals surface area contributed by atoms with E-state index in [1.165, 1.54) is 24.3 Å². The Hall–Kier alpha value is -4.44. The summed E-state index contributed by atoms with van der Waals surface area (Å²) < 4.78 is 0. The third kappa shape index (κ3) is 14.0. The van der Waals surface area contributed by atoms with Gasteiger partial charge in [-0.15, -0.1) is 0 Å². The highest BCUT2D eigenvalue weighted by molar-refractivity contribution is 5.94. The molecule has 16 nitrogen and oxygen atoms in total. The SMILES string of the molecule is NCCCCC(NC(=O)C(Cc1ccc(O)cc1)NC(=O)C(CCCN=C(N)N)NC(=O)C(N)CC(=O)O)C(=O)O. The molecule has 228 valence electrons. The van der Waals surface area contributed by atoms with Crippen LogP contribution in [0.2, 0.25) is 0 Å². The third-order valence-electron chi connectivity index (χ3n) is 5.88. The molecule has 1 aromatic carbocycles.